The molecule has 2 fully saturated rings. The number of imide groups is 1. The Kier molecular flexibility index (Phi) is 5.08. The van der Waals surface area contributed by atoms with Gasteiger partial charge in [0.15, 0.2) is 0 Å². The highest BCUT2D eigenvalue weighted by atomic mass is 35.5. The van der Waals surface area contributed by atoms with E-state index in [9.17, 15) is 9.59 Å². The molecule has 2 aromatic carbocycles. The van der Waals surface area contributed by atoms with Crippen LogP contribution in [-0.4, -0.2) is 48.9 Å². The van der Waals surface area contributed by atoms with Crippen LogP contribution in [0, 0.1) is 0 Å². The van der Waals surface area contributed by atoms with Crippen LogP contribution in [0.2, 0.25) is 10.0 Å². The van der Waals surface area contributed by atoms with Crippen LogP contribution in [0.4, 0.5) is 11.4 Å². The van der Waals surface area contributed by atoms with Crippen molar-refractivity contribution in [2.45, 2.75) is 12.5 Å². The van der Waals surface area contributed by atoms with Gasteiger partial charge in [-0.3, -0.25) is 14.5 Å². The van der Waals surface area contributed by atoms with Crippen LogP contribution in [0.1, 0.15) is 6.42 Å². The minimum Gasteiger partial charge on any atom is -0.369 e. The summed E-state index contributed by atoms with van der Waals surface area (Å²) >= 11 is 12.1. The van der Waals surface area contributed by atoms with E-state index in [4.69, 9.17) is 23.2 Å². The monoisotopic (exact) mass is 403 g/mol. The molecule has 0 saturated carbocycles. The highest BCUT2D eigenvalue weighted by Crippen LogP contribution is 2.31. The Morgan fingerprint density at radius 2 is 1.44 bits per heavy atom. The highest BCUT2D eigenvalue weighted by molar-refractivity contribution is 6.35. The average molecular weight is 404 g/mol. The number of hydrogen-bond acceptors (Lipinski definition) is 4. The quantitative estimate of drug-likeness (QED) is 0.736. The maximum absolute atomic E-state index is 13.0. The summed E-state index contributed by atoms with van der Waals surface area (Å²) in [5.41, 5.74) is 1.62. The molecule has 0 bridgehead atoms. The number of anilines is 2. The Bertz CT molecular complexity index is 847. The Labute approximate surface area is 168 Å². The van der Waals surface area contributed by atoms with E-state index in [-0.39, 0.29) is 18.2 Å². The molecule has 2 heterocycles. The number of hydrogen-bond donors (Lipinski definition) is 0. The Morgan fingerprint density at radius 1 is 0.815 bits per heavy atom. The molecule has 2 aliphatic rings. The summed E-state index contributed by atoms with van der Waals surface area (Å²) in [4.78, 5) is 31.1. The van der Waals surface area contributed by atoms with Gasteiger partial charge in [-0.2, -0.15) is 0 Å². The normalized spacial score (nSPS) is 21.2. The molecule has 2 amide bonds. The molecule has 0 spiro atoms. The first-order valence-electron chi connectivity index (χ1n) is 8.90. The largest absolute Gasteiger partial charge is 0.369 e. The standard InChI is InChI=1S/C20H19Cl2N3O2/c21-14-10-15(22)12-17(11-14)25-19(26)13-18(20(25)27)24-8-6-23(7-9-24)16-4-2-1-3-5-16/h1-5,10-12,18H,6-9,13H2/t18-/m0/s1. The summed E-state index contributed by atoms with van der Waals surface area (Å²) in [6, 6.07) is 14.6. The smallest absolute Gasteiger partial charge is 0.251 e. The number of carbonyl (C=O) groups is 2. The van der Waals surface area contributed by atoms with Gasteiger partial charge >= 0.3 is 0 Å². The summed E-state index contributed by atoms with van der Waals surface area (Å²) in [7, 11) is 0. The average Bonchev–Trinajstić information content (AvgIpc) is 2.96. The van der Waals surface area contributed by atoms with Gasteiger partial charge < -0.3 is 4.90 Å². The topological polar surface area (TPSA) is 43.9 Å². The van der Waals surface area contributed by atoms with Gasteiger partial charge in [0.1, 0.15) is 0 Å². The fraction of sp³-hybridized carbons (Fsp3) is 0.300. The van der Waals surface area contributed by atoms with E-state index < -0.39 is 6.04 Å². The van der Waals surface area contributed by atoms with E-state index in [1.165, 1.54) is 10.6 Å². The van der Waals surface area contributed by atoms with Crippen molar-refractivity contribution in [1.29, 1.82) is 0 Å². The van der Waals surface area contributed by atoms with Gasteiger partial charge in [0.25, 0.3) is 5.91 Å². The van der Waals surface area contributed by atoms with Gasteiger partial charge in [0, 0.05) is 41.9 Å². The molecule has 2 aromatic rings. The van der Waals surface area contributed by atoms with E-state index in [1.807, 2.05) is 18.2 Å². The van der Waals surface area contributed by atoms with Gasteiger partial charge in [0.05, 0.1) is 18.2 Å². The van der Waals surface area contributed by atoms with Gasteiger partial charge in [0.2, 0.25) is 5.91 Å². The van der Waals surface area contributed by atoms with Crippen molar-refractivity contribution < 1.29 is 9.59 Å². The second-order valence-corrected chi connectivity index (χ2v) is 7.65. The molecule has 0 radical (unpaired) electrons. The third-order valence-corrected chi connectivity index (χ3v) is 5.54. The van der Waals surface area contributed by atoms with E-state index in [0.29, 0.717) is 15.7 Å². The van der Waals surface area contributed by atoms with Crippen molar-refractivity contribution in [3.63, 3.8) is 0 Å². The third-order valence-electron chi connectivity index (χ3n) is 5.10. The molecule has 1 atom stereocenters. The van der Waals surface area contributed by atoms with Crippen molar-refractivity contribution in [2.24, 2.45) is 0 Å². The lowest BCUT2D eigenvalue weighted by molar-refractivity contribution is -0.123. The first kappa shape index (κ1) is 18.3. The maximum Gasteiger partial charge on any atom is 0.251 e. The van der Waals surface area contributed by atoms with Crippen LogP contribution < -0.4 is 9.80 Å². The summed E-state index contributed by atoms with van der Waals surface area (Å²) in [5.74, 6) is -0.416. The summed E-state index contributed by atoms with van der Waals surface area (Å²) in [6.07, 6.45) is 0.189. The lowest BCUT2D eigenvalue weighted by atomic mass is 10.1. The fourth-order valence-electron chi connectivity index (χ4n) is 3.77. The number of amides is 2. The summed E-state index contributed by atoms with van der Waals surface area (Å²) in [6.45, 7) is 3.13. The minimum atomic E-state index is -0.423. The number of benzene rings is 2. The molecule has 7 heteroatoms. The van der Waals surface area contributed by atoms with Gasteiger partial charge in [-0.1, -0.05) is 41.4 Å². The number of carbonyl (C=O) groups excluding carboxylic acids is 2. The zero-order valence-corrected chi connectivity index (χ0v) is 16.2. The second-order valence-electron chi connectivity index (χ2n) is 6.77. The summed E-state index contributed by atoms with van der Waals surface area (Å²) in [5, 5.41) is 0.802. The van der Waals surface area contributed by atoms with Crippen molar-refractivity contribution in [3.05, 3.63) is 58.6 Å². The van der Waals surface area contributed by atoms with Gasteiger partial charge in [-0.15, -0.1) is 0 Å². The van der Waals surface area contributed by atoms with Gasteiger partial charge in [-0.05, 0) is 30.3 Å². The number of piperazine rings is 1. The third kappa shape index (κ3) is 3.68. The van der Waals surface area contributed by atoms with Crippen LogP contribution in [-0.2, 0) is 9.59 Å². The second kappa shape index (κ2) is 7.50. The zero-order chi connectivity index (χ0) is 19.0. The maximum atomic E-state index is 13.0. The van der Waals surface area contributed by atoms with E-state index in [0.717, 1.165) is 26.2 Å². The molecule has 0 aromatic heterocycles. The molecule has 2 aliphatic heterocycles. The number of para-hydroxylation sites is 1. The molecule has 0 N–H and O–H groups in total. The Hall–Kier alpha value is -2.08. The molecule has 27 heavy (non-hydrogen) atoms. The van der Waals surface area contributed by atoms with E-state index >= 15 is 0 Å². The Morgan fingerprint density at radius 3 is 2.07 bits per heavy atom. The van der Waals surface area contributed by atoms with Crippen molar-refractivity contribution >= 4 is 46.4 Å². The SMILES string of the molecule is O=C1C[C@H](N2CCN(c3ccccc3)CC2)C(=O)N1c1cc(Cl)cc(Cl)c1. The molecule has 4 rings (SSSR count). The van der Waals surface area contributed by atoms with Crippen LogP contribution in [0.25, 0.3) is 0 Å². The van der Waals surface area contributed by atoms with Crippen LogP contribution in [0.3, 0.4) is 0 Å². The lowest BCUT2D eigenvalue weighted by Crippen LogP contribution is -2.52. The first-order valence-corrected chi connectivity index (χ1v) is 9.65. The van der Waals surface area contributed by atoms with Gasteiger partial charge in [-0.25, -0.2) is 4.90 Å². The zero-order valence-electron chi connectivity index (χ0n) is 14.6. The predicted octanol–water partition coefficient (Wildman–Crippen LogP) is 3.45. The molecular formula is C20H19Cl2N3O2. The number of rotatable bonds is 3. The highest BCUT2D eigenvalue weighted by Gasteiger charge is 2.43. The summed E-state index contributed by atoms with van der Waals surface area (Å²) < 4.78 is 0. The fourth-order valence-corrected chi connectivity index (χ4v) is 4.29. The van der Waals surface area contributed by atoms with Crippen molar-refractivity contribution in [1.82, 2.24) is 4.90 Å². The van der Waals surface area contributed by atoms with Crippen LogP contribution in [0.15, 0.2) is 48.5 Å². The van der Waals surface area contributed by atoms with Crippen molar-refractivity contribution in [2.75, 3.05) is 36.0 Å². The molecule has 0 unspecified atom stereocenters. The van der Waals surface area contributed by atoms with Crippen LogP contribution in [0.5, 0.6) is 0 Å². The van der Waals surface area contributed by atoms with Crippen molar-refractivity contribution in [3.8, 4) is 0 Å². The predicted molar refractivity (Wildman–Crippen MR) is 108 cm³/mol. The number of nitrogens with zero attached hydrogens (tertiary/aromatic N) is 3. The molecule has 5 nitrogen and oxygen atoms in total. The minimum absolute atomic E-state index is 0.189. The number of halogens is 2. The molecule has 2 saturated heterocycles. The molecule has 0 aliphatic carbocycles. The molecular weight excluding hydrogens is 385 g/mol. The Balaban J connectivity index is 1.46. The van der Waals surface area contributed by atoms with E-state index in [1.54, 1.807) is 18.2 Å². The lowest BCUT2D eigenvalue weighted by Gasteiger charge is -2.38. The van der Waals surface area contributed by atoms with Crippen LogP contribution >= 0.6 is 23.2 Å². The first-order chi connectivity index (χ1) is 13.0. The molecule has 140 valence electrons. The van der Waals surface area contributed by atoms with E-state index in [2.05, 4.69) is 21.9 Å².